The predicted molar refractivity (Wildman–Crippen MR) is 95.0 cm³/mol. The summed E-state index contributed by atoms with van der Waals surface area (Å²) >= 11 is 0. The van der Waals surface area contributed by atoms with Crippen LogP contribution < -0.4 is 0 Å². The zero-order valence-electron chi connectivity index (χ0n) is 15.8. The Kier molecular flexibility index (Phi) is 9.47. The van der Waals surface area contributed by atoms with Gasteiger partial charge in [0.05, 0.1) is 20.0 Å². The highest BCUT2D eigenvalue weighted by Crippen LogP contribution is 1.99. The Labute approximate surface area is 138 Å². The SMILES string of the molecule is CN1CCCN(C)C1.CN1CCN(C)CC1.CN1CN(C)C1. The average Bonchev–Trinajstić information content (AvgIpc) is 2.42. The third-order valence-electron chi connectivity index (χ3n) is 4.26. The summed E-state index contributed by atoms with van der Waals surface area (Å²) in [4.78, 5) is 13.9. The second kappa shape index (κ2) is 10.5. The molecule has 3 aliphatic heterocycles. The van der Waals surface area contributed by atoms with E-state index in [9.17, 15) is 0 Å². The van der Waals surface area contributed by atoms with Crippen LogP contribution in [0.1, 0.15) is 6.42 Å². The van der Waals surface area contributed by atoms with E-state index < -0.39 is 0 Å². The molecular formula is C16H38N6. The van der Waals surface area contributed by atoms with Crippen molar-refractivity contribution in [1.29, 1.82) is 0 Å². The molecular weight excluding hydrogens is 276 g/mol. The van der Waals surface area contributed by atoms with Crippen LogP contribution in [-0.4, -0.2) is 131 Å². The molecule has 3 heterocycles. The van der Waals surface area contributed by atoms with Crippen molar-refractivity contribution in [2.24, 2.45) is 0 Å². The van der Waals surface area contributed by atoms with Crippen LogP contribution in [0.5, 0.6) is 0 Å². The first-order chi connectivity index (χ1) is 10.4. The fourth-order valence-electron chi connectivity index (χ4n) is 2.85. The molecule has 0 N–H and O–H groups in total. The van der Waals surface area contributed by atoms with Gasteiger partial charge in [-0.05, 0) is 48.7 Å². The fourth-order valence-corrected chi connectivity index (χ4v) is 2.85. The molecule has 0 atom stereocenters. The summed E-state index contributed by atoms with van der Waals surface area (Å²) in [6, 6.07) is 0. The van der Waals surface area contributed by atoms with Gasteiger partial charge in [-0.3, -0.25) is 19.6 Å². The molecule has 0 aromatic carbocycles. The van der Waals surface area contributed by atoms with Crippen LogP contribution >= 0.6 is 0 Å². The summed E-state index contributed by atoms with van der Waals surface area (Å²) in [5.41, 5.74) is 0. The number of rotatable bonds is 0. The fraction of sp³-hybridized carbons (Fsp3) is 1.00. The van der Waals surface area contributed by atoms with Gasteiger partial charge in [-0.1, -0.05) is 0 Å². The Hall–Kier alpha value is -0.240. The molecule has 0 saturated carbocycles. The number of nitrogens with zero attached hydrogens (tertiary/aromatic N) is 6. The molecule has 0 aliphatic carbocycles. The molecule has 3 aliphatic rings. The monoisotopic (exact) mass is 314 g/mol. The maximum Gasteiger partial charge on any atom is 0.0523 e. The van der Waals surface area contributed by atoms with E-state index in [0.29, 0.717) is 0 Å². The first-order valence-electron chi connectivity index (χ1n) is 8.48. The number of hydrogen-bond donors (Lipinski definition) is 0. The maximum absolute atomic E-state index is 2.36. The van der Waals surface area contributed by atoms with Crippen molar-refractivity contribution < 1.29 is 0 Å². The van der Waals surface area contributed by atoms with Crippen molar-refractivity contribution in [3.05, 3.63) is 0 Å². The van der Waals surface area contributed by atoms with Crippen LogP contribution in [0.3, 0.4) is 0 Å². The Morgan fingerprint density at radius 1 is 0.364 bits per heavy atom. The Morgan fingerprint density at radius 2 is 0.682 bits per heavy atom. The highest BCUT2D eigenvalue weighted by Gasteiger charge is 2.13. The van der Waals surface area contributed by atoms with Crippen LogP contribution in [0.2, 0.25) is 0 Å². The number of hydrogen-bond acceptors (Lipinski definition) is 6. The van der Waals surface area contributed by atoms with Crippen LogP contribution in [0, 0.1) is 0 Å². The van der Waals surface area contributed by atoms with Gasteiger partial charge in [0.15, 0.2) is 0 Å². The molecule has 3 fully saturated rings. The van der Waals surface area contributed by atoms with Gasteiger partial charge in [0.2, 0.25) is 0 Å². The predicted octanol–water partition coefficient (Wildman–Crippen LogP) is -0.147. The van der Waals surface area contributed by atoms with Crippen molar-refractivity contribution in [2.75, 3.05) is 102 Å². The largest absolute Gasteiger partial charge is 0.304 e. The Morgan fingerprint density at radius 3 is 0.864 bits per heavy atom. The van der Waals surface area contributed by atoms with E-state index in [1.54, 1.807) is 0 Å². The lowest BCUT2D eigenvalue weighted by Crippen LogP contribution is -2.50. The molecule has 0 aromatic rings. The van der Waals surface area contributed by atoms with Crippen molar-refractivity contribution in [2.45, 2.75) is 6.42 Å². The molecule has 22 heavy (non-hydrogen) atoms. The van der Waals surface area contributed by atoms with Crippen LogP contribution in [0.25, 0.3) is 0 Å². The van der Waals surface area contributed by atoms with Gasteiger partial charge in [-0.25, -0.2) is 0 Å². The zero-order chi connectivity index (χ0) is 16.5. The first-order valence-corrected chi connectivity index (χ1v) is 8.48. The van der Waals surface area contributed by atoms with Gasteiger partial charge in [0.1, 0.15) is 0 Å². The molecule has 6 heteroatoms. The van der Waals surface area contributed by atoms with Crippen LogP contribution in [-0.2, 0) is 0 Å². The van der Waals surface area contributed by atoms with Crippen molar-refractivity contribution in [3.8, 4) is 0 Å². The van der Waals surface area contributed by atoms with Crippen molar-refractivity contribution in [1.82, 2.24) is 29.4 Å². The summed E-state index contributed by atoms with van der Waals surface area (Å²) in [6.07, 6.45) is 1.33. The van der Waals surface area contributed by atoms with Gasteiger partial charge >= 0.3 is 0 Å². The van der Waals surface area contributed by atoms with E-state index in [2.05, 4.69) is 71.7 Å². The molecule has 6 nitrogen and oxygen atoms in total. The topological polar surface area (TPSA) is 19.4 Å². The molecule has 0 radical (unpaired) electrons. The molecule has 0 bridgehead atoms. The van der Waals surface area contributed by atoms with Crippen molar-refractivity contribution in [3.63, 3.8) is 0 Å². The molecule has 0 unspecified atom stereocenters. The molecule has 0 spiro atoms. The summed E-state index contributed by atoms with van der Waals surface area (Å²) in [6.45, 7) is 10.9. The molecule has 3 saturated heterocycles. The minimum Gasteiger partial charge on any atom is -0.304 e. The van der Waals surface area contributed by atoms with Gasteiger partial charge < -0.3 is 9.80 Å². The van der Waals surface area contributed by atoms with Crippen LogP contribution in [0.4, 0.5) is 0 Å². The summed E-state index contributed by atoms with van der Waals surface area (Å²) in [5.74, 6) is 0. The summed E-state index contributed by atoms with van der Waals surface area (Å²) in [5, 5.41) is 0. The van der Waals surface area contributed by atoms with E-state index in [0.717, 1.165) is 20.0 Å². The lowest BCUT2D eigenvalue weighted by molar-refractivity contribution is 0.0149. The minimum absolute atomic E-state index is 1.14. The summed E-state index contributed by atoms with van der Waals surface area (Å²) < 4.78 is 0. The lowest BCUT2D eigenvalue weighted by Gasteiger charge is -2.36. The van der Waals surface area contributed by atoms with Crippen LogP contribution in [0.15, 0.2) is 0 Å². The van der Waals surface area contributed by atoms with Gasteiger partial charge in [0, 0.05) is 39.3 Å². The lowest BCUT2D eigenvalue weighted by atomic mass is 10.3. The third-order valence-corrected chi connectivity index (χ3v) is 4.26. The summed E-state index contributed by atoms with van der Waals surface area (Å²) in [7, 11) is 12.9. The van der Waals surface area contributed by atoms with Gasteiger partial charge in [0.25, 0.3) is 0 Å². The third kappa shape index (κ3) is 9.02. The highest BCUT2D eigenvalue weighted by molar-refractivity contribution is 4.64. The smallest absolute Gasteiger partial charge is 0.0523 e. The zero-order valence-corrected chi connectivity index (χ0v) is 15.8. The quantitative estimate of drug-likeness (QED) is 0.615. The standard InChI is InChI=1S/2C6H14N2.C4H10N2/c1-7-3-5-8(2)6-4-7;1-7-4-3-5-8(2)6-7;1-5-3-6(2)4-5/h2*3-6H2,1-2H3;3-4H2,1-2H3. The number of likely N-dealkylation sites (N-methyl/N-ethyl adjacent to an activating group) is 2. The average molecular weight is 315 g/mol. The maximum atomic E-state index is 2.36. The van der Waals surface area contributed by atoms with E-state index in [1.807, 2.05) is 0 Å². The second-order valence-electron chi connectivity index (χ2n) is 7.26. The van der Waals surface area contributed by atoms with E-state index in [4.69, 9.17) is 0 Å². The first kappa shape index (κ1) is 19.8. The highest BCUT2D eigenvalue weighted by atomic mass is 15.5. The van der Waals surface area contributed by atoms with E-state index >= 15 is 0 Å². The van der Waals surface area contributed by atoms with E-state index in [-0.39, 0.29) is 0 Å². The van der Waals surface area contributed by atoms with Gasteiger partial charge in [-0.15, -0.1) is 0 Å². The Balaban J connectivity index is 0.000000167. The molecule has 132 valence electrons. The second-order valence-corrected chi connectivity index (χ2v) is 7.26. The Bertz CT molecular complexity index is 250. The van der Waals surface area contributed by atoms with Gasteiger partial charge in [-0.2, -0.15) is 0 Å². The molecule has 0 amide bonds. The molecule has 0 aromatic heterocycles. The number of piperazine rings is 1. The van der Waals surface area contributed by atoms with E-state index in [1.165, 1.54) is 45.7 Å². The normalized spacial score (nSPS) is 26.5. The molecule has 3 rings (SSSR count). The van der Waals surface area contributed by atoms with Crippen molar-refractivity contribution >= 4 is 0 Å². The minimum atomic E-state index is 1.14.